The summed E-state index contributed by atoms with van der Waals surface area (Å²) in [4.78, 5) is 15.2. The topological polar surface area (TPSA) is 69.5 Å². The van der Waals surface area contributed by atoms with Crippen molar-refractivity contribution < 1.29 is 9.21 Å². The molecular weight excluding hydrogens is 352 g/mol. The number of benzene rings is 1. The number of amides is 1. The Balaban J connectivity index is 0.00000196. The van der Waals surface area contributed by atoms with Crippen LogP contribution in [0.1, 0.15) is 17.7 Å². The summed E-state index contributed by atoms with van der Waals surface area (Å²) < 4.78 is 5.48. The molecule has 1 aromatic carbocycles. The Kier molecular flexibility index (Phi) is 6.32. The van der Waals surface area contributed by atoms with Crippen LogP contribution in [0.4, 0.5) is 0 Å². The number of piperidine rings is 1. The first-order chi connectivity index (χ1) is 12.3. The molecule has 0 aliphatic carbocycles. The van der Waals surface area contributed by atoms with E-state index in [1.165, 1.54) is 0 Å². The van der Waals surface area contributed by atoms with Crippen LogP contribution in [0.3, 0.4) is 0 Å². The average molecular weight is 377 g/mol. The van der Waals surface area contributed by atoms with Crippen LogP contribution in [0.2, 0.25) is 0 Å². The third-order valence-electron chi connectivity index (χ3n) is 5.10. The second-order valence-corrected chi connectivity index (χ2v) is 6.79. The van der Waals surface area contributed by atoms with Crippen LogP contribution < -0.4 is 16.2 Å². The molecule has 7 heteroatoms. The molecule has 0 radical (unpaired) electrons. The zero-order valence-corrected chi connectivity index (χ0v) is 15.4. The zero-order valence-electron chi connectivity index (χ0n) is 14.6. The van der Waals surface area contributed by atoms with Crippen LogP contribution in [0.15, 0.2) is 53.1 Å². The summed E-state index contributed by atoms with van der Waals surface area (Å²) in [5, 5.41) is 3.41. The number of furan rings is 1. The van der Waals surface area contributed by atoms with Crippen molar-refractivity contribution in [3.8, 4) is 0 Å². The molecule has 2 aromatic rings. The van der Waals surface area contributed by atoms with E-state index in [0.29, 0.717) is 19.1 Å². The van der Waals surface area contributed by atoms with Gasteiger partial charge in [-0.3, -0.25) is 10.2 Å². The van der Waals surface area contributed by atoms with Crippen molar-refractivity contribution in [2.75, 3.05) is 13.1 Å². The fourth-order valence-corrected chi connectivity index (χ4v) is 3.76. The van der Waals surface area contributed by atoms with Crippen molar-refractivity contribution in [3.05, 3.63) is 60.1 Å². The fraction of sp³-hybridized carbons (Fsp3) is 0.421. The summed E-state index contributed by atoms with van der Waals surface area (Å²) in [7, 11) is 0. The van der Waals surface area contributed by atoms with Gasteiger partial charge in [-0.1, -0.05) is 30.3 Å². The highest BCUT2D eigenvalue weighted by molar-refractivity contribution is 5.85. The van der Waals surface area contributed by atoms with Crippen LogP contribution in [0.25, 0.3) is 0 Å². The predicted octanol–water partition coefficient (Wildman–Crippen LogP) is 1.68. The summed E-state index contributed by atoms with van der Waals surface area (Å²) in [6, 6.07) is 14.0. The lowest BCUT2D eigenvalue weighted by atomic mass is 9.88. The maximum Gasteiger partial charge on any atom is 0.242 e. The molecule has 3 atom stereocenters. The third-order valence-corrected chi connectivity index (χ3v) is 5.10. The smallest absolute Gasteiger partial charge is 0.242 e. The minimum atomic E-state index is -0.212. The van der Waals surface area contributed by atoms with E-state index in [9.17, 15) is 4.79 Å². The van der Waals surface area contributed by atoms with Crippen LogP contribution in [0.5, 0.6) is 0 Å². The summed E-state index contributed by atoms with van der Waals surface area (Å²) in [6.07, 6.45) is 2.69. The number of nitrogens with one attached hydrogen (secondary N) is 3. The van der Waals surface area contributed by atoms with E-state index in [4.69, 9.17) is 4.42 Å². The first-order valence-electron chi connectivity index (χ1n) is 8.88. The van der Waals surface area contributed by atoms with Crippen LogP contribution >= 0.6 is 12.4 Å². The van der Waals surface area contributed by atoms with Crippen molar-refractivity contribution in [1.82, 2.24) is 21.1 Å². The van der Waals surface area contributed by atoms with Crippen LogP contribution in [-0.4, -0.2) is 36.0 Å². The number of halogens is 1. The number of hydrazine groups is 1. The van der Waals surface area contributed by atoms with Crippen molar-refractivity contribution in [2.45, 2.75) is 31.6 Å². The van der Waals surface area contributed by atoms with Gasteiger partial charge in [-0.25, -0.2) is 5.43 Å². The molecule has 0 spiro atoms. The second kappa shape index (κ2) is 8.68. The number of fused-ring (bicyclic) bond motifs is 1. The number of carbonyl (C=O) groups is 1. The Hall–Kier alpha value is -1.86. The van der Waals surface area contributed by atoms with Crippen molar-refractivity contribution >= 4 is 18.3 Å². The molecule has 0 bridgehead atoms. The number of hydrogen-bond acceptors (Lipinski definition) is 5. The van der Waals surface area contributed by atoms with E-state index in [2.05, 4.69) is 16.2 Å². The Morgan fingerprint density at radius 3 is 2.73 bits per heavy atom. The highest BCUT2D eigenvalue weighted by atomic mass is 35.5. The van der Waals surface area contributed by atoms with E-state index >= 15 is 0 Å². The Morgan fingerprint density at radius 1 is 1.12 bits per heavy atom. The van der Waals surface area contributed by atoms with Gasteiger partial charge in [0.25, 0.3) is 0 Å². The number of carbonyl (C=O) groups excluding carboxylic acids is 1. The summed E-state index contributed by atoms with van der Waals surface area (Å²) in [5.41, 5.74) is 7.66. The van der Waals surface area contributed by atoms with Crippen molar-refractivity contribution in [3.63, 3.8) is 0 Å². The molecule has 4 rings (SSSR count). The number of nitrogens with zero attached hydrogens (tertiary/aromatic N) is 1. The Bertz CT molecular complexity index is 695. The van der Waals surface area contributed by atoms with Gasteiger partial charge in [0.05, 0.1) is 12.8 Å². The lowest BCUT2D eigenvalue weighted by molar-refractivity contribution is -0.135. The van der Waals surface area contributed by atoms with E-state index < -0.39 is 0 Å². The highest BCUT2D eigenvalue weighted by Crippen LogP contribution is 2.23. The molecular formula is C19H25ClN4O2. The van der Waals surface area contributed by atoms with E-state index in [1.807, 2.05) is 47.4 Å². The lowest BCUT2D eigenvalue weighted by Crippen LogP contribution is -2.50. The maximum atomic E-state index is 13.3. The summed E-state index contributed by atoms with van der Waals surface area (Å²) in [5.74, 6) is 1.19. The van der Waals surface area contributed by atoms with Gasteiger partial charge in [-0.2, -0.15) is 0 Å². The molecule has 2 fully saturated rings. The van der Waals surface area contributed by atoms with Gasteiger partial charge < -0.3 is 14.6 Å². The van der Waals surface area contributed by atoms with Gasteiger partial charge in [0.2, 0.25) is 5.91 Å². The van der Waals surface area contributed by atoms with Gasteiger partial charge in [0, 0.05) is 25.0 Å². The highest BCUT2D eigenvalue weighted by Gasteiger charge is 2.42. The standard InChI is InChI=1S/C19H24N4O2.ClH/c24-19(18-16-11-20-9-8-17(16)21-22-18)23(13-15-7-4-10-25-15)12-14-5-2-1-3-6-14;/h1-7,10,16-18,20-22H,8-9,11-13H2;1H. The van der Waals surface area contributed by atoms with Gasteiger partial charge in [-0.15, -0.1) is 12.4 Å². The normalized spacial score (nSPS) is 24.5. The minimum absolute atomic E-state index is 0. The van der Waals surface area contributed by atoms with E-state index in [1.54, 1.807) is 6.26 Å². The van der Waals surface area contributed by atoms with E-state index in [-0.39, 0.29) is 30.3 Å². The first-order valence-corrected chi connectivity index (χ1v) is 8.88. The molecule has 1 aromatic heterocycles. The van der Waals surface area contributed by atoms with E-state index in [0.717, 1.165) is 30.8 Å². The average Bonchev–Trinajstić information content (AvgIpc) is 3.31. The van der Waals surface area contributed by atoms with Gasteiger partial charge in [0.1, 0.15) is 11.8 Å². The molecule has 0 saturated carbocycles. The zero-order chi connectivity index (χ0) is 17.1. The molecule has 3 heterocycles. The lowest BCUT2D eigenvalue weighted by Gasteiger charge is -2.31. The van der Waals surface area contributed by atoms with Crippen LogP contribution in [-0.2, 0) is 17.9 Å². The van der Waals surface area contributed by atoms with Crippen molar-refractivity contribution in [2.24, 2.45) is 5.92 Å². The molecule has 2 aliphatic rings. The number of hydrogen-bond donors (Lipinski definition) is 3. The molecule has 140 valence electrons. The molecule has 3 N–H and O–H groups in total. The summed E-state index contributed by atoms with van der Waals surface area (Å²) >= 11 is 0. The molecule has 26 heavy (non-hydrogen) atoms. The fourth-order valence-electron chi connectivity index (χ4n) is 3.76. The Morgan fingerprint density at radius 2 is 1.96 bits per heavy atom. The maximum absolute atomic E-state index is 13.3. The predicted molar refractivity (Wildman–Crippen MR) is 101 cm³/mol. The number of rotatable bonds is 5. The third kappa shape index (κ3) is 4.10. The summed E-state index contributed by atoms with van der Waals surface area (Å²) in [6.45, 7) is 2.91. The quantitative estimate of drug-likeness (QED) is 0.740. The second-order valence-electron chi connectivity index (χ2n) is 6.79. The van der Waals surface area contributed by atoms with Gasteiger partial charge in [0.15, 0.2) is 0 Å². The molecule has 3 unspecified atom stereocenters. The Labute approximate surface area is 159 Å². The molecule has 2 saturated heterocycles. The first kappa shape index (κ1) is 18.9. The largest absolute Gasteiger partial charge is 0.467 e. The molecule has 1 amide bonds. The van der Waals surface area contributed by atoms with Crippen LogP contribution in [0, 0.1) is 5.92 Å². The van der Waals surface area contributed by atoms with Gasteiger partial charge in [-0.05, 0) is 30.7 Å². The van der Waals surface area contributed by atoms with Gasteiger partial charge >= 0.3 is 0 Å². The molecule has 2 aliphatic heterocycles. The minimum Gasteiger partial charge on any atom is -0.467 e. The van der Waals surface area contributed by atoms with Crippen molar-refractivity contribution in [1.29, 1.82) is 0 Å². The molecule has 6 nitrogen and oxygen atoms in total. The monoisotopic (exact) mass is 376 g/mol. The SMILES string of the molecule is Cl.O=C(C1NNC2CCNCC21)N(Cc1ccccc1)Cc1ccco1.